The van der Waals surface area contributed by atoms with Gasteiger partial charge in [0.2, 0.25) is 0 Å². The Kier molecular flexibility index (Phi) is 1.42. The number of hydrogen-bond acceptors (Lipinski definition) is 3. The lowest BCUT2D eigenvalue weighted by Gasteiger charge is -2.34. The van der Waals surface area contributed by atoms with E-state index in [-0.39, 0.29) is 0 Å². The number of carboxylic acids is 1. The summed E-state index contributed by atoms with van der Waals surface area (Å²) >= 11 is 0. The van der Waals surface area contributed by atoms with Gasteiger partial charge in [-0.25, -0.2) is 4.79 Å². The third-order valence-electron chi connectivity index (χ3n) is 5.51. The molecule has 0 aromatic carbocycles. The zero-order chi connectivity index (χ0) is 13.1. The quantitative estimate of drug-likeness (QED) is 0.774. The topological polar surface area (TPSA) is 75.6 Å². The molecule has 0 spiro atoms. The maximum absolute atomic E-state index is 11.9. The van der Waals surface area contributed by atoms with Crippen molar-refractivity contribution < 1.29 is 19.4 Å². The molecule has 98 valence electrons. The van der Waals surface area contributed by atoms with E-state index in [2.05, 4.69) is 5.32 Å². The van der Waals surface area contributed by atoms with Crippen LogP contribution in [-0.4, -0.2) is 28.3 Å². The number of aliphatic carboxylic acids is 1. The van der Waals surface area contributed by atoms with Gasteiger partial charge in [-0.05, 0) is 50.9 Å². The Balaban J connectivity index is 1.55. The number of carboxylic acid groups (broad SMARTS) is 1. The molecule has 0 saturated heterocycles. The van der Waals surface area contributed by atoms with Crippen molar-refractivity contribution in [2.45, 2.75) is 38.3 Å². The van der Waals surface area contributed by atoms with Crippen LogP contribution in [0.1, 0.15) is 27.2 Å². The molecule has 0 radical (unpaired) electrons. The Morgan fingerprint density at radius 1 is 1.28 bits per heavy atom. The zero-order valence-corrected chi connectivity index (χ0v) is 10.7. The third kappa shape index (κ3) is 0.780. The highest BCUT2D eigenvalue weighted by atomic mass is 16.6. The summed E-state index contributed by atoms with van der Waals surface area (Å²) in [5.74, 6) is 0.696. The van der Waals surface area contributed by atoms with Crippen molar-refractivity contribution in [1.82, 2.24) is 5.32 Å². The Hall–Kier alpha value is -1.26. The molecular formula is C13H17NO4. The first kappa shape index (κ1) is 10.6. The lowest BCUT2D eigenvalue weighted by molar-refractivity contribution is -0.148. The van der Waals surface area contributed by atoms with Crippen molar-refractivity contribution in [2.75, 3.05) is 0 Å². The van der Waals surface area contributed by atoms with Crippen LogP contribution in [0, 0.1) is 29.1 Å². The van der Waals surface area contributed by atoms with Gasteiger partial charge in [0, 0.05) is 0 Å². The summed E-state index contributed by atoms with van der Waals surface area (Å²) in [4.78, 5) is 23.4. The molecule has 2 N–H and O–H groups in total. The van der Waals surface area contributed by atoms with E-state index >= 15 is 0 Å². The number of hydrogen-bond donors (Lipinski definition) is 2. The Morgan fingerprint density at radius 2 is 1.94 bits per heavy atom. The van der Waals surface area contributed by atoms with Crippen molar-refractivity contribution in [3.05, 3.63) is 0 Å². The number of ether oxygens (including phenoxy) is 1. The molecule has 6 atom stereocenters. The van der Waals surface area contributed by atoms with Gasteiger partial charge in [0.25, 0.3) is 0 Å². The van der Waals surface area contributed by atoms with Crippen molar-refractivity contribution >= 4 is 12.1 Å². The smallest absolute Gasteiger partial charge is 0.408 e. The van der Waals surface area contributed by atoms with E-state index in [1.807, 2.05) is 20.8 Å². The molecule has 5 aliphatic rings. The van der Waals surface area contributed by atoms with Crippen molar-refractivity contribution in [1.29, 1.82) is 0 Å². The van der Waals surface area contributed by atoms with Crippen LogP contribution in [0.4, 0.5) is 4.79 Å². The van der Waals surface area contributed by atoms with E-state index in [9.17, 15) is 14.7 Å². The SMILES string of the molecule is CC(C)(C)OC(=O)N[C@@]12[C@H]3[C@H]4[C@@H](C[C@@H]31)[C@@]42C(=O)O. The molecule has 0 heterocycles. The van der Waals surface area contributed by atoms with E-state index in [4.69, 9.17) is 4.74 Å². The molecule has 5 saturated carbocycles. The Labute approximate surface area is 105 Å². The summed E-state index contributed by atoms with van der Waals surface area (Å²) in [5.41, 5.74) is -1.65. The van der Waals surface area contributed by atoms with E-state index in [0.717, 1.165) is 6.42 Å². The summed E-state index contributed by atoms with van der Waals surface area (Å²) in [6.07, 6.45) is 0.499. The van der Waals surface area contributed by atoms with Crippen LogP contribution in [-0.2, 0) is 9.53 Å². The van der Waals surface area contributed by atoms with Gasteiger partial charge in [0.15, 0.2) is 0 Å². The number of amides is 1. The number of carbonyl (C=O) groups is 2. The predicted molar refractivity (Wildman–Crippen MR) is 60.7 cm³/mol. The van der Waals surface area contributed by atoms with E-state index in [1.54, 1.807) is 0 Å². The van der Waals surface area contributed by atoms with Gasteiger partial charge in [0.05, 0.1) is 11.0 Å². The molecule has 5 heteroatoms. The lowest BCUT2D eigenvalue weighted by atomic mass is 9.78. The van der Waals surface area contributed by atoms with Crippen LogP contribution in [0.5, 0.6) is 0 Å². The van der Waals surface area contributed by atoms with Crippen LogP contribution in [0.2, 0.25) is 0 Å². The summed E-state index contributed by atoms with van der Waals surface area (Å²) in [6, 6.07) is 0. The van der Waals surface area contributed by atoms with Gasteiger partial charge >= 0.3 is 12.1 Å². The lowest BCUT2D eigenvalue weighted by Crippen LogP contribution is -2.56. The van der Waals surface area contributed by atoms with E-state index in [0.29, 0.717) is 23.7 Å². The fourth-order valence-electron chi connectivity index (χ4n) is 5.28. The molecule has 5 aliphatic carbocycles. The highest BCUT2D eigenvalue weighted by molar-refractivity contribution is 5.91. The van der Waals surface area contributed by atoms with Gasteiger partial charge < -0.3 is 15.2 Å². The molecule has 0 aromatic rings. The minimum absolute atomic E-state index is 0.305. The van der Waals surface area contributed by atoms with Gasteiger partial charge in [-0.1, -0.05) is 0 Å². The van der Waals surface area contributed by atoms with Crippen LogP contribution in [0.15, 0.2) is 0 Å². The second-order valence-electron chi connectivity index (χ2n) is 7.17. The monoisotopic (exact) mass is 251 g/mol. The largest absolute Gasteiger partial charge is 0.481 e. The average molecular weight is 251 g/mol. The molecule has 2 bridgehead atoms. The minimum Gasteiger partial charge on any atom is -0.481 e. The average Bonchev–Trinajstić information content (AvgIpc) is 2.77. The second-order valence-corrected chi connectivity index (χ2v) is 7.17. The van der Waals surface area contributed by atoms with Gasteiger partial charge in [0.1, 0.15) is 5.60 Å². The van der Waals surface area contributed by atoms with Crippen molar-refractivity contribution in [3.8, 4) is 0 Å². The molecule has 18 heavy (non-hydrogen) atoms. The molecule has 5 rings (SSSR count). The third-order valence-corrected chi connectivity index (χ3v) is 5.51. The molecule has 0 unspecified atom stereocenters. The van der Waals surface area contributed by atoms with Crippen molar-refractivity contribution in [3.63, 3.8) is 0 Å². The number of rotatable bonds is 2. The molecule has 5 nitrogen and oxygen atoms in total. The first-order valence-electron chi connectivity index (χ1n) is 6.51. The number of carbonyl (C=O) groups excluding carboxylic acids is 1. The summed E-state index contributed by atoms with van der Waals surface area (Å²) in [7, 11) is 0. The normalized spacial score (nSPS) is 53.1. The van der Waals surface area contributed by atoms with E-state index < -0.39 is 28.6 Å². The Bertz CT molecular complexity index is 484. The highest BCUT2D eigenvalue weighted by Crippen LogP contribution is 3.00. The van der Waals surface area contributed by atoms with E-state index in [1.165, 1.54) is 0 Å². The molecule has 0 aromatic heterocycles. The van der Waals surface area contributed by atoms with Crippen LogP contribution >= 0.6 is 0 Å². The zero-order valence-electron chi connectivity index (χ0n) is 10.7. The summed E-state index contributed by atoms with van der Waals surface area (Å²) in [6.45, 7) is 5.42. The number of alkyl carbamates (subject to hydrolysis) is 1. The summed E-state index contributed by atoms with van der Waals surface area (Å²) < 4.78 is 5.25. The number of nitrogens with one attached hydrogen (secondary N) is 1. The van der Waals surface area contributed by atoms with Gasteiger partial charge in [-0.15, -0.1) is 0 Å². The van der Waals surface area contributed by atoms with Crippen LogP contribution in [0.3, 0.4) is 0 Å². The molecular weight excluding hydrogens is 234 g/mol. The van der Waals surface area contributed by atoms with Crippen LogP contribution in [0.25, 0.3) is 0 Å². The maximum Gasteiger partial charge on any atom is 0.408 e. The molecule has 5 fully saturated rings. The predicted octanol–water partition coefficient (Wildman–Crippen LogP) is 1.23. The maximum atomic E-state index is 11.9. The second kappa shape index (κ2) is 2.40. The van der Waals surface area contributed by atoms with Crippen molar-refractivity contribution in [2.24, 2.45) is 29.1 Å². The molecule has 0 aliphatic heterocycles. The fourth-order valence-corrected chi connectivity index (χ4v) is 5.28. The fraction of sp³-hybridized carbons (Fsp3) is 0.846. The van der Waals surface area contributed by atoms with Gasteiger partial charge in [-0.2, -0.15) is 0 Å². The minimum atomic E-state index is -0.732. The highest BCUT2D eigenvalue weighted by Gasteiger charge is 3.07. The summed E-state index contributed by atoms with van der Waals surface area (Å²) in [5, 5.41) is 12.3. The van der Waals surface area contributed by atoms with Gasteiger partial charge in [-0.3, -0.25) is 4.79 Å². The molecule has 1 amide bonds. The Morgan fingerprint density at radius 3 is 2.39 bits per heavy atom. The standard InChI is InChI=1S/C13H17NO4/c1-11(2,3)18-10(17)14-13-6-4-5-7(8(6)13)12(5,13)9(15)16/h5-8H,4H2,1-3H3,(H,14,17)(H,15,16)/t5-,6+,7-,8-,12+,13-/m1/s1. The van der Waals surface area contributed by atoms with Crippen LogP contribution < -0.4 is 5.32 Å². The first-order chi connectivity index (χ1) is 8.27. The first-order valence-corrected chi connectivity index (χ1v) is 6.51.